The van der Waals surface area contributed by atoms with Crippen LogP contribution in [0.4, 0.5) is 0 Å². The van der Waals surface area contributed by atoms with Crippen molar-refractivity contribution in [1.82, 2.24) is 0 Å². The first-order valence-electron chi connectivity index (χ1n) is 15.5. The van der Waals surface area contributed by atoms with Crippen LogP contribution in [0.15, 0.2) is 18.2 Å². The molecule has 0 heterocycles. The van der Waals surface area contributed by atoms with Gasteiger partial charge in [0.1, 0.15) is 5.75 Å². The minimum absolute atomic E-state index is 0.219. The van der Waals surface area contributed by atoms with Gasteiger partial charge in [-0.25, -0.2) is 4.79 Å². The number of carbonyl (C=O) groups excluding carboxylic acids is 1. The molecule has 1 aliphatic carbocycles. The Labute approximate surface area is 241 Å². The average molecular weight is 563 g/mol. The van der Waals surface area contributed by atoms with E-state index in [0.717, 1.165) is 62.3 Å². The molecular weight excluding hydrogens is 508 g/mol. The summed E-state index contributed by atoms with van der Waals surface area (Å²) in [7, 11) is 0. The van der Waals surface area contributed by atoms with Gasteiger partial charge in [0.25, 0.3) is 0 Å². The summed E-state index contributed by atoms with van der Waals surface area (Å²) >= 11 is 0. The Kier molecular flexibility index (Phi) is 18.0. The zero-order chi connectivity index (χ0) is 29.9. The van der Waals surface area contributed by atoms with E-state index in [1.54, 1.807) is 18.2 Å². The fraction of sp³-hybridized carbons (Fsp3) is 0.727. The van der Waals surface area contributed by atoms with E-state index in [4.69, 9.17) is 14.9 Å². The van der Waals surface area contributed by atoms with Crippen molar-refractivity contribution in [2.45, 2.75) is 124 Å². The number of carboxylic acids is 2. The van der Waals surface area contributed by atoms with Gasteiger partial charge in [-0.05, 0) is 67.7 Å². The molecule has 0 amide bonds. The molecule has 0 aliphatic heterocycles. The topological polar surface area (TPSA) is 121 Å². The summed E-state index contributed by atoms with van der Waals surface area (Å²) < 4.78 is 5.49. The van der Waals surface area contributed by atoms with E-state index in [9.17, 15) is 19.5 Å². The van der Waals surface area contributed by atoms with Gasteiger partial charge in [-0.1, -0.05) is 91.9 Å². The molecule has 0 saturated heterocycles. The Bertz CT molecular complexity index is 856. The van der Waals surface area contributed by atoms with Crippen LogP contribution in [0.25, 0.3) is 0 Å². The zero-order valence-corrected chi connectivity index (χ0v) is 25.3. The van der Waals surface area contributed by atoms with E-state index in [1.807, 2.05) is 0 Å². The first kappa shape index (κ1) is 35.5. The second kappa shape index (κ2) is 20.3. The molecule has 0 aromatic heterocycles. The predicted molar refractivity (Wildman–Crippen MR) is 159 cm³/mol. The molecule has 7 heteroatoms. The number of hydrogen-bond donors (Lipinski definition) is 3. The number of esters is 1. The molecule has 3 N–H and O–H groups in total. The summed E-state index contributed by atoms with van der Waals surface area (Å²) in [4.78, 5) is 33.7. The van der Waals surface area contributed by atoms with E-state index in [1.165, 1.54) is 38.5 Å². The number of carbonyl (C=O) groups is 3. The van der Waals surface area contributed by atoms with Gasteiger partial charge in [0.2, 0.25) is 0 Å². The number of aliphatic carboxylic acids is 2. The molecule has 1 aliphatic rings. The average Bonchev–Trinajstić information content (AvgIpc) is 2.90. The van der Waals surface area contributed by atoms with Crippen molar-refractivity contribution >= 4 is 17.9 Å². The van der Waals surface area contributed by atoms with Crippen molar-refractivity contribution in [2.75, 3.05) is 6.61 Å². The normalized spacial score (nSPS) is 16.9. The summed E-state index contributed by atoms with van der Waals surface area (Å²) in [5.41, 5.74) is 1.52. The highest BCUT2D eigenvalue weighted by Gasteiger charge is 2.35. The Morgan fingerprint density at radius 1 is 0.775 bits per heavy atom. The Hall–Kier alpha value is -2.57. The number of ether oxygens (including phenoxy) is 1. The second-order valence-electron chi connectivity index (χ2n) is 12.1. The SMILES string of the molecule is CC(C)CCCCCCOC(=O)c1ccc(O)cc1CCCCCCC(C)C.O=C(O)C1CCCCC1C(=O)O. The summed E-state index contributed by atoms with van der Waals surface area (Å²) in [5, 5.41) is 27.2. The van der Waals surface area contributed by atoms with Crippen LogP contribution >= 0.6 is 0 Å². The molecule has 2 unspecified atom stereocenters. The smallest absolute Gasteiger partial charge is 0.338 e. The number of aryl methyl sites for hydroxylation is 1. The van der Waals surface area contributed by atoms with Crippen LogP contribution in [-0.2, 0) is 20.7 Å². The van der Waals surface area contributed by atoms with Gasteiger partial charge in [-0.3, -0.25) is 9.59 Å². The second-order valence-corrected chi connectivity index (χ2v) is 12.1. The first-order valence-corrected chi connectivity index (χ1v) is 15.5. The quantitative estimate of drug-likeness (QED) is 0.129. The molecule has 7 nitrogen and oxygen atoms in total. The molecule has 1 aromatic carbocycles. The lowest BCUT2D eigenvalue weighted by Crippen LogP contribution is -2.32. The third-order valence-corrected chi connectivity index (χ3v) is 7.60. The minimum atomic E-state index is -0.970. The number of unbranched alkanes of at least 4 members (excludes halogenated alkanes) is 6. The largest absolute Gasteiger partial charge is 0.508 e. The van der Waals surface area contributed by atoms with Crippen molar-refractivity contribution in [3.05, 3.63) is 29.3 Å². The van der Waals surface area contributed by atoms with Crippen molar-refractivity contribution in [1.29, 1.82) is 0 Å². The third kappa shape index (κ3) is 15.3. The monoisotopic (exact) mass is 562 g/mol. The van der Waals surface area contributed by atoms with E-state index in [0.29, 0.717) is 25.0 Å². The van der Waals surface area contributed by atoms with Crippen molar-refractivity contribution in [3.8, 4) is 5.75 Å². The van der Waals surface area contributed by atoms with Crippen LogP contribution in [0, 0.1) is 23.7 Å². The minimum Gasteiger partial charge on any atom is -0.508 e. The summed E-state index contributed by atoms with van der Waals surface area (Å²) in [6.07, 6.45) is 15.2. The summed E-state index contributed by atoms with van der Waals surface area (Å²) in [6.45, 7) is 9.51. The fourth-order valence-electron chi connectivity index (χ4n) is 5.18. The number of rotatable bonds is 17. The lowest BCUT2D eigenvalue weighted by atomic mass is 9.79. The van der Waals surface area contributed by atoms with Gasteiger partial charge in [-0.2, -0.15) is 0 Å². The van der Waals surface area contributed by atoms with Crippen LogP contribution in [0.1, 0.15) is 134 Å². The van der Waals surface area contributed by atoms with Gasteiger partial charge >= 0.3 is 17.9 Å². The predicted octanol–water partition coefficient (Wildman–Crippen LogP) is 8.27. The Morgan fingerprint density at radius 3 is 1.77 bits per heavy atom. The number of benzene rings is 1. The van der Waals surface area contributed by atoms with Crippen molar-refractivity contribution in [3.63, 3.8) is 0 Å². The van der Waals surface area contributed by atoms with E-state index in [2.05, 4.69) is 27.7 Å². The van der Waals surface area contributed by atoms with Crippen molar-refractivity contribution < 1.29 is 34.4 Å². The number of carboxylic acid groups (broad SMARTS) is 2. The van der Waals surface area contributed by atoms with Gasteiger partial charge in [-0.15, -0.1) is 0 Å². The third-order valence-electron chi connectivity index (χ3n) is 7.60. The molecule has 0 bridgehead atoms. The van der Waals surface area contributed by atoms with Crippen molar-refractivity contribution in [2.24, 2.45) is 23.7 Å². The lowest BCUT2D eigenvalue weighted by molar-refractivity contribution is -0.155. The van der Waals surface area contributed by atoms with Crippen LogP contribution < -0.4 is 0 Å². The maximum Gasteiger partial charge on any atom is 0.338 e. The van der Waals surface area contributed by atoms with Crippen LogP contribution in [0.5, 0.6) is 5.75 Å². The number of hydrogen-bond acceptors (Lipinski definition) is 5. The maximum absolute atomic E-state index is 12.5. The van der Waals surface area contributed by atoms with Crippen LogP contribution in [0.3, 0.4) is 0 Å². The van der Waals surface area contributed by atoms with Gasteiger partial charge < -0.3 is 20.1 Å². The molecule has 2 rings (SSSR count). The zero-order valence-electron chi connectivity index (χ0n) is 25.3. The Morgan fingerprint density at radius 2 is 1.27 bits per heavy atom. The van der Waals surface area contributed by atoms with E-state index < -0.39 is 23.8 Å². The maximum atomic E-state index is 12.5. The van der Waals surface area contributed by atoms with Gasteiger partial charge in [0, 0.05) is 0 Å². The molecule has 0 spiro atoms. The lowest BCUT2D eigenvalue weighted by Gasteiger charge is -2.24. The molecule has 40 heavy (non-hydrogen) atoms. The van der Waals surface area contributed by atoms with E-state index >= 15 is 0 Å². The van der Waals surface area contributed by atoms with Gasteiger partial charge in [0.15, 0.2) is 0 Å². The van der Waals surface area contributed by atoms with Crippen LogP contribution in [0.2, 0.25) is 0 Å². The van der Waals surface area contributed by atoms with Crippen LogP contribution in [-0.4, -0.2) is 39.8 Å². The first-order chi connectivity index (χ1) is 19.0. The molecule has 1 aromatic rings. The van der Waals surface area contributed by atoms with E-state index in [-0.39, 0.29) is 11.7 Å². The Balaban J connectivity index is 0.000000552. The molecule has 1 fully saturated rings. The molecule has 228 valence electrons. The number of phenols is 1. The highest BCUT2D eigenvalue weighted by molar-refractivity contribution is 5.91. The number of aromatic hydroxyl groups is 1. The molecular formula is C33H54O7. The molecule has 2 atom stereocenters. The molecule has 1 saturated carbocycles. The summed E-state index contributed by atoms with van der Waals surface area (Å²) in [5.74, 6) is -1.78. The highest BCUT2D eigenvalue weighted by Crippen LogP contribution is 2.30. The fourth-order valence-corrected chi connectivity index (χ4v) is 5.18. The highest BCUT2D eigenvalue weighted by atomic mass is 16.5. The van der Waals surface area contributed by atoms with Gasteiger partial charge in [0.05, 0.1) is 24.0 Å². The summed E-state index contributed by atoms with van der Waals surface area (Å²) in [6, 6.07) is 5.00. The number of phenolic OH excluding ortho intramolecular Hbond substituents is 1. The molecule has 0 radical (unpaired) electrons. The standard InChI is InChI=1S/C25H42O3.C8H12O4/c1-20(2)13-9-5-6-11-15-22-19-23(26)16-17-24(22)25(27)28-18-12-8-7-10-14-21(3)4;9-7(10)5-3-1-2-4-6(5)8(11)12/h16-17,19-21,26H,5-15,18H2,1-4H3;5-6H,1-4H2,(H,9,10)(H,11,12).